The first-order valence-electron chi connectivity index (χ1n) is 9.99. The summed E-state index contributed by atoms with van der Waals surface area (Å²) in [4.78, 5) is 47.9. The molecule has 0 aliphatic heterocycles. The lowest BCUT2D eigenvalue weighted by Gasteiger charge is -2.08. The lowest BCUT2D eigenvalue weighted by atomic mass is 10.1. The van der Waals surface area contributed by atoms with E-state index < -0.39 is 17.8 Å². The Balaban J connectivity index is 1.97. The number of ether oxygens (including phenoxy) is 1. The summed E-state index contributed by atoms with van der Waals surface area (Å²) in [6.45, 7) is 5.32. The van der Waals surface area contributed by atoms with Gasteiger partial charge in [0.05, 0.1) is 12.2 Å². The van der Waals surface area contributed by atoms with Crippen molar-refractivity contribution in [2.75, 3.05) is 17.2 Å². The van der Waals surface area contributed by atoms with Gasteiger partial charge in [0.2, 0.25) is 5.91 Å². The van der Waals surface area contributed by atoms with Crippen molar-refractivity contribution < 1.29 is 23.9 Å². The summed E-state index contributed by atoms with van der Waals surface area (Å²) in [6.07, 6.45) is 2.89. The van der Waals surface area contributed by atoms with E-state index in [2.05, 4.69) is 10.6 Å². The zero-order chi connectivity index (χ0) is 22.8. The second-order valence-corrected chi connectivity index (χ2v) is 6.97. The van der Waals surface area contributed by atoms with Gasteiger partial charge in [0.1, 0.15) is 0 Å². The number of amides is 2. The SMILES string of the molecule is CCCCOC(=O)c1cccc(NC(=O)/C(C)=C\C(=O)Nc2ccc(C(C)=O)cc2)c1. The quantitative estimate of drug-likeness (QED) is 0.270. The van der Waals surface area contributed by atoms with Crippen molar-refractivity contribution in [2.24, 2.45) is 0 Å². The van der Waals surface area contributed by atoms with Crippen molar-refractivity contribution in [2.45, 2.75) is 33.6 Å². The summed E-state index contributed by atoms with van der Waals surface area (Å²) in [7, 11) is 0. The molecule has 162 valence electrons. The van der Waals surface area contributed by atoms with Gasteiger partial charge in [0.25, 0.3) is 5.91 Å². The van der Waals surface area contributed by atoms with Gasteiger partial charge in [-0.25, -0.2) is 4.79 Å². The van der Waals surface area contributed by atoms with Crippen molar-refractivity contribution in [1.29, 1.82) is 0 Å². The second-order valence-electron chi connectivity index (χ2n) is 6.97. The molecule has 0 atom stereocenters. The third kappa shape index (κ3) is 7.54. The Hall–Kier alpha value is -3.74. The molecule has 2 rings (SSSR count). The number of rotatable bonds is 9. The molecule has 2 aromatic carbocycles. The van der Waals surface area contributed by atoms with Gasteiger partial charge in [0, 0.05) is 28.6 Å². The zero-order valence-electron chi connectivity index (χ0n) is 17.9. The minimum absolute atomic E-state index is 0.0661. The van der Waals surface area contributed by atoms with Crippen LogP contribution >= 0.6 is 0 Å². The predicted molar refractivity (Wildman–Crippen MR) is 119 cm³/mol. The summed E-state index contributed by atoms with van der Waals surface area (Å²) in [6, 6.07) is 12.9. The van der Waals surface area contributed by atoms with Crippen LogP contribution in [0.15, 0.2) is 60.2 Å². The molecule has 31 heavy (non-hydrogen) atoms. The normalized spacial score (nSPS) is 10.9. The summed E-state index contributed by atoms with van der Waals surface area (Å²) in [5.74, 6) is -1.47. The van der Waals surface area contributed by atoms with Crippen LogP contribution in [0.25, 0.3) is 0 Å². The maximum Gasteiger partial charge on any atom is 0.338 e. The fourth-order valence-corrected chi connectivity index (χ4v) is 2.57. The Kier molecular flexibility index (Phi) is 8.69. The lowest BCUT2D eigenvalue weighted by Crippen LogP contribution is -2.16. The Morgan fingerprint density at radius 2 is 1.61 bits per heavy atom. The van der Waals surface area contributed by atoms with Crippen LogP contribution in [0.4, 0.5) is 11.4 Å². The van der Waals surface area contributed by atoms with E-state index in [1.165, 1.54) is 26.0 Å². The van der Waals surface area contributed by atoms with Crippen LogP contribution in [0.2, 0.25) is 0 Å². The van der Waals surface area contributed by atoms with E-state index in [0.717, 1.165) is 12.8 Å². The largest absolute Gasteiger partial charge is 0.462 e. The molecule has 2 N–H and O–H groups in total. The molecule has 0 saturated carbocycles. The third-order valence-electron chi connectivity index (χ3n) is 4.35. The van der Waals surface area contributed by atoms with E-state index in [1.807, 2.05) is 6.92 Å². The minimum atomic E-state index is -0.475. The van der Waals surface area contributed by atoms with Crippen LogP contribution in [-0.4, -0.2) is 30.2 Å². The average molecular weight is 422 g/mol. The van der Waals surface area contributed by atoms with Gasteiger partial charge < -0.3 is 15.4 Å². The highest BCUT2D eigenvalue weighted by atomic mass is 16.5. The van der Waals surface area contributed by atoms with Gasteiger partial charge in [-0.1, -0.05) is 19.4 Å². The van der Waals surface area contributed by atoms with Gasteiger partial charge in [0.15, 0.2) is 5.78 Å². The highest BCUT2D eigenvalue weighted by molar-refractivity contribution is 6.10. The van der Waals surface area contributed by atoms with E-state index in [9.17, 15) is 19.2 Å². The van der Waals surface area contributed by atoms with Gasteiger partial charge >= 0.3 is 5.97 Å². The summed E-state index contributed by atoms with van der Waals surface area (Å²) < 4.78 is 5.17. The highest BCUT2D eigenvalue weighted by Crippen LogP contribution is 2.14. The minimum Gasteiger partial charge on any atom is -0.462 e. The maximum atomic E-state index is 12.4. The second kappa shape index (κ2) is 11.4. The molecule has 0 aliphatic rings. The summed E-state index contributed by atoms with van der Waals surface area (Å²) in [5, 5.41) is 5.30. The van der Waals surface area contributed by atoms with Crippen molar-refractivity contribution in [3.8, 4) is 0 Å². The average Bonchev–Trinajstić information content (AvgIpc) is 2.74. The molecule has 0 fully saturated rings. The summed E-state index contributed by atoms with van der Waals surface area (Å²) >= 11 is 0. The maximum absolute atomic E-state index is 12.4. The number of hydrogen-bond acceptors (Lipinski definition) is 5. The molecule has 0 aliphatic carbocycles. The van der Waals surface area contributed by atoms with Gasteiger partial charge in [-0.2, -0.15) is 0 Å². The molecule has 7 nitrogen and oxygen atoms in total. The molecule has 0 spiro atoms. The number of anilines is 2. The number of Topliss-reactive ketones (excluding diaryl/α,β-unsaturated/α-hetero) is 1. The molecule has 0 saturated heterocycles. The molecule has 2 amide bonds. The standard InChI is InChI=1S/C24H26N2O5/c1-4-5-13-31-24(30)19-7-6-8-21(15-19)26-23(29)16(2)14-22(28)25-20-11-9-18(10-12-20)17(3)27/h6-12,14-15H,4-5,13H2,1-3H3,(H,25,28)(H,26,29)/b16-14-. The number of nitrogens with one attached hydrogen (secondary N) is 2. The van der Waals surface area contributed by atoms with E-state index in [0.29, 0.717) is 29.1 Å². The molecule has 2 aromatic rings. The number of hydrogen-bond donors (Lipinski definition) is 2. The Bertz CT molecular complexity index is 993. The molecule has 0 heterocycles. The lowest BCUT2D eigenvalue weighted by molar-refractivity contribution is -0.114. The van der Waals surface area contributed by atoms with E-state index in [-0.39, 0.29) is 11.4 Å². The van der Waals surface area contributed by atoms with Gasteiger partial charge in [-0.05, 0) is 62.7 Å². The topological polar surface area (TPSA) is 102 Å². The van der Waals surface area contributed by atoms with Crippen LogP contribution in [-0.2, 0) is 14.3 Å². The summed E-state index contributed by atoms with van der Waals surface area (Å²) in [5.41, 5.74) is 1.99. The van der Waals surface area contributed by atoms with E-state index >= 15 is 0 Å². The number of carbonyl (C=O) groups excluding carboxylic acids is 4. The van der Waals surface area contributed by atoms with Crippen LogP contribution in [0, 0.1) is 0 Å². The van der Waals surface area contributed by atoms with Crippen molar-refractivity contribution in [1.82, 2.24) is 0 Å². The van der Waals surface area contributed by atoms with Crippen LogP contribution in [0.3, 0.4) is 0 Å². The number of benzene rings is 2. The molecule has 0 aromatic heterocycles. The first kappa shape index (κ1) is 23.5. The fraction of sp³-hybridized carbons (Fsp3) is 0.250. The molecular formula is C24H26N2O5. The highest BCUT2D eigenvalue weighted by Gasteiger charge is 2.11. The number of carbonyl (C=O) groups is 4. The molecule has 0 radical (unpaired) electrons. The smallest absolute Gasteiger partial charge is 0.338 e. The zero-order valence-corrected chi connectivity index (χ0v) is 17.9. The molecule has 7 heteroatoms. The van der Waals surface area contributed by atoms with Gasteiger partial charge in [-0.3, -0.25) is 14.4 Å². The van der Waals surface area contributed by atoms with Crippen molar-refractivity contribution >= 4 is 34.9 Å². The van der Waals surface area contributed by atoms with E-state index in [1.54, 1.807) is 42.5 Å². The van der Waals surface area contributed by atoms with Crippen molar-refractivity contribution in [3.63, 3.8) is 0 Å². The molecule has 0 bridgehead atoms. The predicted octanol–water partition coefficient (Wildman–Crippen LogP) is 4.37. The van der Waals surface area contributed by atoms with Crippen LogP contribution in [0.1, 0.15) is 54.3 Å². The Morgan fingerprint density at radius 3 is 2.26 bits per heavy atom. The monoisotopic (exact) mass is 422 g/mol. The molecule has 0 unspecified atom stereocenters. The number of ketones is 1. The van der Waals surface area contributed by atoms with Crippen LogP contribution < -0.4 is 10.6 Å². The van der Waals surface area contributed by atoms with Crippen molar-refractivity contribution in [3.05, 3.63) is 71.3 Å². The van der Waals surface area contributed by atoms with Crippen LogP contribution in [0.5, 0.6) is 0 Å². The Morgan fingerprint density at radius 1 is 0.903 bits per heavy atom. The van der Waals surface area contributed by atoms with Gasteiger partial charge in [-0.15, -0.1) is 0 Å². The van der Waals surface area contributed by atoms with E-state index in [4.69, 9.17) is 4.74 Å². The first-order chi connectivity index (χ1) is 14.8. The fourth-order valence-electron chi connectivity index (χ4n) is 2.57. The Labute approximate surface area is 181 Å². The number of unbranched alkanes of at least 4 members (excludes halogenated alkanes) is 1. The first-order valence-corrected chi connectivity index (χ1v) is 9.99. The third-order valence-corrected chi connectivity index (χ3v) is 4.35. The number of esters is 1. The molecular weight excluding hydrogens is 396 g/mol.